The third-order valence-electron chi connectivity index (χ3n) is 6.07. The Hall–Kier alpha value is -3.76. The molecule has 1 saturated carbocycles. The Bertz CT molecular complexity index is 961. The molecule has 1 aliphatic rings. The van der Waals surface area contributed by atoms with E-state index < -0.39 is 54.5 Å². The Morgan fingerprint density at radius 3 is 1.42 bits per heavy atom. The summed E-state index contributed by atoms with van der Waals surface area (Å²) in [7, 11) is 0. The monoisotopic (exact) mass is 498 g/mol. The molecule has 10 nitrogen and oxygen atoms in total. The summed E-state index contributed by atoms with van der Waals surface area (Å²) in [5.41, 5.74) is -0.0731. The second-order valence-corrected chi connectivity index (χ2v) is 8.54. The molecule has 0 saturated heterocycles. The molecule has 0 heterocycles. The molecule has 0 spiro atoms. The number of nitrogens with one attached hydrogen (secondary N) is 2. The van der Waals surface area contributed by atoms with E-state index in [9.17, 15) is 29.4 Å². The molecule has 10 heteroatoms. The van der Waals surface area contributed by atoms with Gasteiger partial charge in [-0.15, -0.1) is 0 Å². The van der Waals surface area contributed by atoms with E-state index >= 15 is 0 Å². The van der Waals surface area contributed by atoms with E-state index in [2.05, 4.69) is 10.6 Å². The summed E-state index contributed by atoms with van der Waals surface area (Å²) in [6.07, 6.45) is 0.934. The molecule has 36 heavy (non-hydrogen) atoms. The first-order valence-corrected chi connectivity index (χ1v) is 11.6. The number of hydrogen-bond acceptors (Lipinski definition) is 8. The molecular formula is C26H30N2O8. The first kappa shape index (κ1) is 26.8. The maximum atomic E-state index is 13.0. The summed E-state index contributed by atoms with van der Waals surface area (Å²) in [6.45, 7) is -1.52. The standard InChI is InChI=1S/C26H30N2O8/c29-14-20(22(31)35-16-18-8-3-1-4-9-18)27-24(33)26(12-7-13-26)25(34)28-21(15-30)23(32)36-17-19-10-5-2-6-11-19/h1-6,8-11,20-21,29-30H,7,12-17H2,(H,27,33)(H,28,34)/t20-,21-/m1/s1. The van der Waals surface area contributed by atoms with E-state index in [0.717, 1.165) is 11.1 Å². The summed E-state index contributed by atoms with van der Waals surface area (Å²) in [4.78, 5) is 50.8. The number of carbonyl (C=O) groups is 4. The van der Waals surface area contributed by atoms with E-state index in [-0.39, 0.29) is 26.1 Å². The van der Waals surface area contributed by atoms with Crippen LogP contribution in [0.5, 0.6) is 0 Å². The Morgan fingerprint density at radius 2 is 1.11 bits per heavy atom. The van der Waals surface area contributed by atoms with Crippen LogP contribution in [0.15, 0.2) is 60.7 Å². The van der Waals surface area contributed by atoms with Gasteiger partial charge in [-0.1, -0.05) is 67.1 Å². The van der Waals surface area contributed by atoms with Gasteiger partial charge in [-0.3, -0.25) is 9.59 Å². The Kier molecular flexibility index (Phi) is 9.54. The molecule has 2 amide bonds. The summed E-state index contributed by atoms with van der Waals surface area (Å²) in [5, 5.41) is 24.1. The first-order chi connectivity index (χ1) is 17.4. The normalized spacial score (nSPS) is 15.5. The first-order valence-electron chi connectivity index (χ1n) is 11.6. The van der Waals surface area contributed by atoms with Crippen LogP contribution in [-0.2, 0) is 41.9 Å². The van der Waals surface area contributed by atoms with Crippen molar-refractivity contribution in [2.45, 2.75) is 44.6 Å². The molecule has 2 aromatic rings. The van der Waals surface area contributed by atoms with Gasteiger partial charge in [0.1, 0.15) is 18.6 Å². The average Bonchev–Trinajstić information content (AvgIpc) is 2.88. The van der Waals surface area contributed by atoms with Gasteiger partial charge in [0.25, 0.3) is 0 Å². The van der Waals surface area contributed by atoms with Gasteiger partial charge in [0, 0.05) is 0 Å². The molecule has 192 valence electrons. The zero-order chi connectivity index (χ0) is 26.0. The van der Waals surface area contributed by atoms with Gasteiger partial charge in [-0.05, 0) is 24.0 Å². The average molecular weight is 499 g/mol. The van der Waals surface area contributed by atoms with Gasteiger partial charge < -0.3 is 30.3 Å². The Labute approximate surface area is 208 Å². The number of aliphatic hydroxyl groups is 2. The van der Waals surface area contributed by atoms with Crippen LogP contribution in [0.1, 0.15) is 30.4 Å². The summed E-state index contributed by atoms with van der Waals surface area (Å²) < 4.78 is 10.4. The second-order valence-electron chi connectivity index (χ2n) is 8.54. The quantitative estimate of drug-likeness (QED) is 0.245. The van der Waals surface area contributed by atoms with Crippen molar-refractivity contribution in [2.24, 2.45) is 5.41 Å². The number of esters is 2. The second kappa shape index (κ2) is 12.8. The fraction of sp³-hybridized carbons (Fsp3) is 0.385. The molecule has 0 aromatic heterocycles. The molecule has 3 rings (SSSR count). The largest absolute Gasteiger partial charge is 0.459 e. The molecule has 0 unspecified atom stereocenters. The highest BCUT2D eigenvalue weighted by atomic mass is 16.5. The van der Waals surface area contributed by atoms with Crippen LogP contribution in [-0.4, -0.2) is 59.3 Å². The molecule has 0 radical (unpaired) electrons. The van der Waals surface area contributed by atoms with E-state index in [4.69, 9.17) is 9.47 Å². The highest BCUT2D eigenvalue weighted by molar-refractivity contribution is 6.07. The van der Waals surface area contributed by atoms with Crippen LogP contribution in [0.2, 0.25) is 0 Å². The van der Waals surface area contributed by atoms with Crippen molar-refractivity contribution in [3.8, 4) is 0 Å². The lowest BCUT2D eigenvalue weighted by Gasteiger charge is -2.39. The van der Waals surface area contributed by atoms with Crippen molar-refractivity contribution in [2.75, 3.05) is 13.2 Å². The smallest absolute Gasteiger partial charge is 0.331 e. The predicted octanol–water partition coefficient (Wildman–Crippen LogP) is 0.598. The van der Waals surface area contributed by atoms with Crippen molar-refractivity contribution < 1.29 is 38.9 Å². The topological polar surface area (TPSA) is 151 Å². The number of hydrogen-bond donors (Lipinski definition) is 4. The molecular weight excluding hydrogens is 468 g/mol. The number of benzene rings is 2. The van der Waals surface area contributed by atoms with Crippen LogP contribution in [0.3, 0.4) is 0 Å². The minimum Gasteiger partial charge on any atom is -0.459 e. The molecule has 0 bridgehead atoms. The molecule has 1 aliphatic carbocycles. The van der Waals surface area contributed by atoms with Gasteiger partial charge >= 0.3 is 11.9 Å². The van der Waals surface area contributed by atoms with Crippen LogP contribution in [0, 0.1) is 5.41 Å². The number of ether oxygens (including phenoxy) is 2. The van der Waals surface area contributed by atoms with Crippen molar-refractivity contribution in [3.05, 3.63) is 71.8 Å². The molecule has 0 aliphatic heterocycles. The zero-order valence-electron chi connectivity index (χ0n) is 19.7. The van der Waals surface area contributed by atoms with Crippen LogP contribution < -0.4 is 10.6 Å². The molecule has 4 N–H and O–H groups in total. The Morgan fingerprint density at radius 1 is 0.722 bits per heavy atom. The minimum atomic E-state index is -1.54. The highest BCUT2D eigenvalue weighted by Gasteiger charge is 2.52. The zero-order valence-corrected chi connectivity index (χ0v) is 19.7. The number of carbonyl (C=O) groups excluding carboxylic acids is 4. The van der Waals surface area contributed by atoms with Crippen molar-refractivity contribution >= 4 is 23.8 Å². The van der Waals surface area contributed by atoms with E-state index in [1.54, 1.807) is 48.5 Å². The van der Waals surface area contributed by atoms with Crippen LogP contribution >= 0.6 is 0 Å². The van der Waals surface area contributed by atoms with Crippen molar-refractivity contribution in [1.29, 1.82) is 0 Å². The SMILES string of the molecule is O=C(OCc1ccccc1)[C@@H](CO)NC(=O)C1(C(=O)N[C@H](CO)C(=O)OCc2ccccc2)CCC1. The fourth-order valence-corrected chi connectivity index (χ4v) is 3.70. The summed E-state index contributed by atoms with van der Waals surface area (Å²) >= 11 is 0. The fourth-order valence-electron chi connectivity index (χ4n) is 3.70. The van der Waals surface area contributed by atoms with Gasteiger partial charge in [0.2, 0.25) is 11.8 Å². The minimum absolute atomic E-state index is 0.0407. The van der Waals surface area contributed by atoms with Crippen molar-refractivity contribution in [1.82, 2.24) is 10.6 Å². The molecule has 2 aromatic carbocycles. The van der Waals surface area contributed by atoms with E-state index in [1.165, 1.54) is 0 Å². The van der Waals surface area contributed by atoms with Gasteiger partial charge in [-0.25, -0.2) is 9.59 Å². The van der Waals surface area contributed by atoms with Crippen LogP contribution in [0.4, 0.5) is 0 Å². The third-order valence-corrected chi connectivity index (χ3v) is 6.07. The third kappa shape index (κ3) is 6.67. The van der Waals surface area contributed by atoms with Crippen molar-refractivity contribution in [3.63, 3.8) is 0 Å². The Balaban J connectivity index is 1.57. The van der Waals surface area contributed by atoms with E-state index in [0.29, 0.717) is 6.42 Å². The lowest BCUT2D eigenvalue weighted by Crippen LogP contribution is -2.61. The van der Waals surface area contributed by atoms with Gasteiger partial charge in [0.15, 0.2) is 12.1 Å². The maximum absolute atomic E-state index is 13.0. The van der Waals surface area contributed by atoms with Gasteiger partial charge in [0.05, 0.1) is 13.2 Å². The lowest BCUT2D eigenvalue weighted by molar-refractivity contribution is -0.159. The van der Waals surface area contributed by atoms with Crippen LogP contribution in [0.25, 0.3) is 0 Å². The summed E-state index contributed by atoms with van der Waals surface area (Å²) in [6, 6.07) is 15.1. The maximum Gasteiger partial charge on any atom is 0.331 e. The molecule has 1 fully saturated rings. The summed E-state index contributed by atoms with van der Waals surface area (Å²) in [5.74, 6) is -3.22. The number of aliphatic hydroxyl groups excluding tert-OH is 2. The highest BCUT2D eigenvalue weighted by Crippen LogP contribution is 2.41. The molecule has 2 atom stereocenters. The van der Waals surface area contributed by atoms with Gasteiger partial charge in [-0.2, -0.15) is 0 Å². The van der Waals surface area contributed by atoms with E-state index in [1.807, 2.05) is 12.1 Å². The number of amides is 2. The number of rotatable bonds is 12. The lowest BCUT2D eigenvalue weighted by atomic mass is 9.67. The predicted molar refractivity (Wildman–Crippen MR) is 127 cm³/mol.